The van der Waals surface area contributed by atoms with Crippen molar-refractivity contribution in [2.45, 2.75) is 12.5 Å². The first-order valence-electron chi connectivity index (χ1n) is 9.04. The Kier molecular flexibility index (Phi) is 5.21. The number of rotatable bonds is 4. The Balaban J connectivity index is 1.67. The SMILES string of the molecule is N#CC1=C(N)Oc2cc(O)ccc2[C@H]1c1ccc(OCc2ccccc2F)c(Cl)c1. The number of fused-ring (bicyclic) bond motifs is 1. The molecule has 0 amide bonds. The molecule has 0 aromatic heterocycles. The van der Waals surface area contributed by atoms with Crippen molar-refractivity contribution in [1.82, 2.24) is 0 Å². The van der Waals surface area contributed by atoms with Gasteiger partial charge in [-0.3, -0.25) is 0 Å². The number of phenolic OH excluding ortho intramolecular Hbond substituents is 1. The summed E-state index contributed by atoms with van der Waals surface area (Å²) in [6.45, 7) is 0.0292. The highest BCUT2D eigenvalue weighted by Gasteiger charge is 2.31. The normalized spacial score (nSPS) is 15.2. The van der Waals surface area contributed by atoms with E-state index >= 15 is 0 Å². The second-order valence-electron chi connectivity index (χ2n) is 6.72. The molecule has 150 valence electrons. The number of allylic oxidation sites excluding steroid dienone is 1. The van der Waals surface area contributed by atoms with Crippen molar-refractivity contribution in [3.8, 4) is 23.3 Å². The fraction of sp³-hybridized carbons (Fsp3) is 0.0870. The largest absolute Gasteiger partial charge is 0.508 e. The number of halogens is 2. The first-order valence-corrected chi connectivity index (χ1v) is 9.42. The van der Waals surface area contributed by atoms with Crippen LogP contribution in [0.4, 0.5) is 4.39 Å². The molecule has 1 aliphatic rings. The molecule has 5 nitrogen and oxygen atoms in total. The van der Waals surface area contributed by atoms with Crippen LogP contribution in [-0.4, -0.2) is 5.11 Å². The molecule has 0 saturated heterocycles. The smallest absolute Gasteiger partial charge is 0.205 e. The summed E-state index contributed by atoms with van der Waals surface area (Å²) in [5.41, 5.74) is 7.97. The summed E-state index contributed by atoms with van der Waals surface area (Å²) in [5.74, 6) is -0.124. The summed E-state index contributed by atoms with van der Waals surface area (Å²) in [4.78, 5) is 0. The van der Waals surface area contributed by atoms with E-state index in [1.165, 1.54) is 18.2 Å². The number of benzene rings is 3. The molecule has 0 fully saturated rings. The molecule has 3 aromatic carbocycles. The van der Waals surface area contributed by atoms with Gasteiger partial charge >= 0.3 is 0 Å². The van der Waals surface area contributed by atoms with Gasteiger partial charge in [-0.05, 0) is 29.8 Å². The first-order chi connectivity index (χ1) is 14.5. The third-order valence-corrected chi connectivity index (χ3v) is 5.13. The van der Waals surface area contributed by atoms with Crippen molar-refractivity contribution in [1.29, 1.82) is 5.26 Å². The van der Waals surface area contributed by atoms with Gasteiger partial charge in [-0.25, -0.2) is 4.39 Å². The molecule has 0 saturated carbocycles. The van der Waals surface area contributed by atoms with Crippen molar-refractivity contribution in [2.75, 3.05) is 0 Å². The molecule has 4 rings (SSSR count). The molecule has 0 aliphatic carbocycles. The molecule has 1 aliphatic heterocycles. The predicted molar refractivity (Wildman–Crippen MR) is 110 cm³/mol. The highest BCUT2D eigenvalue weighted by molar-refractivity contribution is 6.32. The summed E-state index contributed by atoms with van der Waals surface area (Å²) in [6.07, 6.45) is 0. The number of phenols is 1. The molecule has 0 unspecified atom stereocenters. The second-order valence-corrected chi connectivity index (χ2v) is 7.12. The van der Waals surface area contributed by atoms with E-state index < -0.39 is 5.92 Å². The summed E-state index contributed by atoms with van der Waals surface area (Å²) < 4.78 is 25.0. The van der Waals surface area contributed by atoms with Gasteiger partial charge in [0.2, 0.25) is 5.88 Å². The molecular formula is C23H16ClFN2O3. The lowest BCUT2D eigenvalue weighted by atomic mass is 9.83. The average molecular weight is 423 g/mol. The minimum Gasteiger partial charge on any atom is -0.508 e. The molecule has 30 heavy (non-hydrogen) atoms. The summed E-state index contributed by atoms with van der Waals surface area (Å²) in [6, 6.07) is 18.2. The average Bonchev–Trinajstić information content (AvgIpc) is 2.72. The van der Waals surface area contributed by atoms with E-state index in [1.54, 1.807) is 42.5 Å². The second kappa shape index (κ2) is 7.97. The van der Waals surface area contributed by atoms with Crippen LogP contribution in [0.3, 0.4) is 0 Å². The van der Waals surface area contributed by atoms with Crippen molar-refractivity contribution in [3.05, 3.63) is 99.7 Å². The Bertz CT molecular complexity index is 1200. The van der Waals surface area contributed by atoms with E-state index in [0.717, 1.165) is 0 Å². The third kappa shape index (κ3) is 3.63. The minimum absolute atomic E-state index is 0.0237. The quantitative estimate of drug-likeness (QED) is 0.618. The molecule has 1 heterocycles. The summed E-state index contributed by atoms with van der Waals surface area (Å²) >= 11 is 6.41. The van der Waals surface area contributed by atoms with Gasteiger partial charge in [0, 0.05) is 17.2 Å². The van der Waals surface area contributed by atoms with Crippen LogP contribution in [0.25, 0.3) is 0 Å². The van der Waals surface area contributed by atoms with Crippen LogP contribution in [0.2, 0.25) is 5.02 Å². The van der Waals surface area contributed by atoms with E-state index in [2.05, 4.69) is 6.07 Å². The van der Waals surface area contributed by atoms with Crippen LogP contribution in [0.1, 0.15) is 22.6 Å². The Morgan fingerprint density at radius 2 is 1.97 bits per heavy atom. The maximum Gasteiger partial charge on any atom is 0.205 e. The monoisotopic (exact) mass is 422 g/mol. The molecule has 7 heteroatoms. The van der Waals surface area contributed by atoms with E-state index in [0.29, 0.717) is 33.2 Å². The zero-order valence-corrected chi connectivity index (χ0v) is 16.4. The standard InChI is InChI=1S/C23H16ClFN2O3/c24-18-9-13(5-8-20(18)29-12-14-3-1-2-4-19(14)25)22-16-7-6-15(28)10-21(16)30-23(27)17(22)11-26/h1-10,22,28H,12,27H2/t22-/m1/s1. The third-order valence-electron chi connectivity index (χ3n) is 4.83. The van der Waals surface area contributed by atoms with Gasteiger partial charge in [-0.15, -0.1) is 0 Å². The van der Waals surface area contributed by atoms with Crippen molar-refractivity contribution < 1.29 is 19.0 Å². The molecule has 0 spiro atoms. The lowest BCUT2D eigenvalue weighted by molar-refractivity contribution is 0.300. The molecule has 3 N–H and O–H groups in total. The van der Waals surface area contributed by atoms with Crippen LogP contribution < -0.4 is 15.2 Å². The minimum atomic E-state index is -0.516. The van der Waals surface area contributed by atoms with Gasteiger partial charge in [-0.2, -0.15) is 5.26 Å². The van der Waals surface area contributed by atoms with Crippen LogP contribution in [0, 0.1) is 17.1 Å². The van der Waals surface area contributed by atoms with E-state index in [9.17, 15) is 14.8 Å². The van der Waals surface area contributed by atoms with E-state index in [1.807, 2.05) is 0 Å². The zero-order chi connectivity index (χ0) is 21.3. The Hall–Kier alpha value is -3.69. The number of aromatic hydroxyl groups is 1. The zero-order valence-electron chi connectivity index (χ0n) is 15.6. The molecule has 1 atom stereocenters. The Morgan fingerprint density at radius 1 is 1.17 bits per heavy atom. The van der Waals surface area contributed by atoms with Crippen LogP contribution in [0.5, 0.6) is 17.2 Å². The first kappa shape index (κ1) is 19.6. The summed E-state index contributed by atoms with van der Waals surface area (Å²) in [5, 5.41) is 19.7. The molecular weight excluding hydrogens is 407 g/mol. The highest BCUT2D eigenvalue weighted by atomic mass is 35.5. The maximum atomic E-state index is 13.8. The molecule has 0 bridgehead atoms. The van der Waals surface area contributed by atoms with Gasteiger partial charge < -0.3 is 20.3 Å². The van der Waals surface area contributed by atoms with Crippen molar-refractivity contribution in [2.24, 2.45) is 5.73 Å². The maximum absolute atomic E-state index is 13.8. The summed E-state index contributed by atoms with van der Waals surface area (Å²) in [7, 11) is 0. The fourth-order valence-corrected chi connectivity index (χ4v) is 3.62. The van der Waals surface area contributed by atoms with Crippen LogP contribution in [0.15, 0.2) is 72.1 Å². The topological polar surface area (TPSA) is 88.5 Å². The van der Waals surface area contributed by atoms with E-state index in [-0.39, 0.29) is 29.6 Å². The van der Waals surface area contributed by atoms with Gasteiger partial charge in [0.25, 0.3) is 0 Å². The number of ether oxygens (including phenoxy) is 2. The Labute approximate surface area is 177 Å². The number of nitrogens with two attached hydrogens (primary N) is 1. The van der Waals surface area contributed by atoms with Gasteiger partial charge in [0.05, 0.1) is 10.9 Å². The Morgan fingerprint density at radius 3 is 2.70 bits per heavy atom. The number of hydrogen-bond acceptors (Lipinski definition) is 5. The molecule has 3 aromatic rings. The lowest BCUT2D eigenvalue weighted by Gasteiger charge is -2.26. The number of hydrogen-bond donors (Lipinski definition) is 2. The van der Waals surface area contributed by atoms with Gasteiger partial charge in [0.15, 0.2) is 0 Å². The fourth-order valence-electron chi connectivity index (χ4n) is 3.37. The van der Waals surface area contributed by atoms with Crippen molar-refractivity contribution >= 4 is 11.6 Å². The van der Waals surface area contributed by atoms with Crippen LogP contribution in [-0.2, 0) is 6.61 Å². The van der Waals surface area contributed by atoms with Crippen molar-refractivity contribution in [3.63, 3.8) is 0 Å². The predicted octanol–water partition coefficient (Wildman–Crippen LogP) is 4.98. The molecule has 0 radical (unpaired) electrons. The van der Waals surface area contributed by atoms with Crippen LogP contribution >= 0.6 is 11.6 Å². The number of nitriles is 1. The highest BCUT2D eigenvalue weighted by Crippen LogP contribution is 2.44. The van der Waals surface area contributed by atoms with Gasteiger partial charge in [0.1, 0.15) is 41.3 Å². The van der Waals surface area contributed by atoms with Gasteiger partial charge in [-0.1, -0.05) is 41.9 Å². The van der Waals surface area contributed by atoms with E-state index in [4.69, 9.17) is 26.8 Å². The number of nitrogens with zero attached hydrogens (tertiary/aromatic N) is 1. The lowest BCUT2D eigenvalue weighted by Crippen LogP contribution is -2.21.